The summed E-state index contributed by atoms with van der Waals surface area (Å²) in [5.41, 5.74) is 1.09. The van der Waals surface area contributed by atoms with Gasteiger partial charge in [0.25, 0.3) is 0 Å². The molecule has 0 aliphatic heterocycles. The Morgan fingerprint density at radius 1 is 1.30 bits per heavy atom. The van der Waals surface area contributed by atoms with Gasteiger partial charge in [-0.2, -0.15) is 0 Å². The average Bonchev–Trinajstić information content (AvgIpc) is 1.89. The molecule has 0 fully saturated rings. The third kappa shape index (κ3) is 2.44. The third-order valence-corrected chi connectivity index (χ3v) is 2.49. The molecule has 0 heterocycles. The van der Waals surface area contributed by atoms with Crippen molar-refractivity contribution >= 4 is 37.0 Å². The quantitative estimate of drug-likeness (QED) is 0.563. The first kappa shape index (κ1) is 10.2. The molecule has 0 N–H and O–H groups in total. The molecule has 0 saturated carbocycles. The van der Waals surface area contributed by atoms with Crippen LogP contribution in [0.25, 0.3) is 0 Å². The first-order valence-corrected chi connectivity index (χ1v) is 4.19. The Balaban J connectivity index is 0.000000810. The molecular weight excluding hydrogens is 163 g/mol. The van der Waals surface area contributed by atoms with E-state index >= 15 is 0 Å². The van der Waals surface area contributed by atoms with Gasteiger partial charge in [0.05, 0.1) is 0 Å². The highest BCUT2D eigenvalue weighted by atomic mass is 35.5. The van der Waals surface area contributed by atoms with Gasteiger partial charge in [-0.05, 0) is 6.92 Å². The van der Waals surface area contributed by atoms with Crippen molar-refractivity contribution in [2.75, 3.05) is 0 Å². The van der Waals surface area contributed by atoms with Gasteiger partial charge in [0.15, 0.2) is 0 Å². The van der Waals surface area contributed by atoms with E-state index in [0.717, 1.165) is 9.26 Å². The van der Waals surface area contributed by atoms with Gasteiger partial charge in [-0.3, -0.25) is 0 Å². The number of hydrogen-bond donors (Lipinski definition) is 0. The van der Waals surface area contributed by atoms with E-state index in [-0.39, 0.29) is 12.4 Å². The van der Waals surface area contributed by atoms with Gasteiger partial charge in [0, 0.05) is 0 Å². The predicted octanol–water partition coefficient (Wildman–Crippen LogP) is 1.63. The van der Waals surface area contributed by atoms with E-state index in [1.165, 1.54) is 0 Å². The Kier molecular flexibility index (Phi) is 5.04. The summed E-state index contributed by atoms with van der Waals surface area (Å²) in [5.74, 6) is 0. The van der Waals surface area contributed by atoms with Crippen LogP contribution < -0.4 is 3.69 Å². The maximum Gasteiger partial charge on any atom is 0.652 e. The largest absolute Gasteiger partial charge is 0.652 e. The van der Waals surface area contributed by atoms with Gasteiger partial charge >= 0.3 is 20.9 Å². The van der Waals surface area contributed by atoms with Crippen molar-refractivity contribution in [3.63, 3.8) is 0 Å². The molecule has 0 bridgehead atoms. The van der Waals surface area contributed by atoms with E-state index in [1.54, 1.807) is 0 Å². The molecule has 52 valence electrons. The summed E-state index contributed by atoms with van der Waals surface area (Å²) in [6.45, 7) is 1.95. The van der Waals surface area contributed by atoms with E-state index in [4.69, 9.17) is 0 Å². The maximum atomic E-state index is 12.1. The van der Waals surface area contributed by atoms with Crippen LogP contribution in [0.2, 0.25) is 0 Å². The summed E-state index contributed by atoms with van der Waals surface area (Å²) in [6, 6.07) is 7.63. The molecule has 0 amide bonds. The second-order valence-electron chi connectivity index (χ2n) is 2.06. The molecule has 0 saturated heterocycles. The first-order valence-electron chi connectivity index (χ1n) is 2.95. The Hall–Kier alpha value is 0.206. The van der Waals surface area contributed by atoms with Crippen LogP contribution in [0.4, 0.5) is 2.96 Å². The van der Waals surface area contributed by atoms with Crippen molar-refractivity contribution in [2.24, 2.45) is 0 Å². The van der Waals surface area contributed by atoms with Crippen LogP contribution in [0.1, 0.15) is 5.56 Å². The lowest BCUT2D eigenvalue weighted by atomic mass is 10.2. The highest BCUT2D eigenvalue weighted by molar-refractivity contribution is 6.46. The molecule has 3 heteroatoms. The summed E-state index contributed by atoms with van der Waals surface area (Å²) in [4.78, 5) is 0. The Morgan fingerprint density at radius 2 is 1.90 bits per heavy atom. The monoisotopic (exact) mass is 170 g/mol. The predicted molar refractivity (Wildman–Crippen MR) is 44.9 cm³/mol. The van der Waals surface area contributed by atoms with Crippen molar-refractivity contribution in [3.8, 4) is 0 Å². The van der Waals surface area contributed by atoms with Gasteiger partial charge in [0.1, 0.15) is 0 Å². The van der Waals surface area contributed by atoms with E-state index in [9.17, 15) is 2.96 Å². The smallest absolute Gasteiger partial charge is 0.475 e. The summed E-state index contributed by atoms with van der Waals surface area (Å²) in [5, 5.41) is 0. The fourth-order valence-electron chi connectivity index (χ4n) is 0.760. The summed E-state index contributed by atoms with van der Waals surface area (Å²) >= 11 is -1.44. The van der Waals surface area contributed by atoms with Crippen LogP contribution in [0, 0.1) is 6.92 Å². The van der Waals surface area contributed by atoms with E-state index in [2.05, 4.69) is 0 Å². The summed E-state index contributed by atoms with van der Waals surface area (Å²) in [6.07, 6.45) is 0. The Morgan fingerprint density at radius 3 is 2.30 bits per heavy atom. The van der Waals surface area contributed by atoms with Gasteiger partial charge in [0.2, 0.25) is 0 Å². The number of halogens is 2. The molecule has 10 heavy (non-hydrogen) atoms. The highest BCUT2D eigenvalue weighted by Gasteiger charge is 1.99. The fourth-order valence-corrected chi connectivity index (χ4v) is 1.31. The number of aryl methyl sites for hydroxylation is 1. The second-order valence-corrected chi connectivity index (χ2v) is 3.09. The number of benzene rings is 1. The Bertz CT molecular complexity index is 203. The standard InChI is InChI=1S/C7H7.ClH.FH.Mg/c1-7-5-3-2-4-6-7;;;/h2-5H,1H3;2*1H;/q;;;+1/p-1. The normalized spacial score (nSPS) is 7.80. The molecule has 0 aliphatic rings. The van der Waals surface area contributed by atoms with Crippen LogP contribution in [-0.2, 0) is 0 Å². The van der Waals surface area contributed by atoms with Crippen molar-refractivity contribution in [3.05, 3.63) is 29.8 Å². The SMILES string of the molecule is Cc1cccc[c]1[Mg][F].Cl. The lowest BCUT2D eigenvalue weighted by Gasteiger charge is -1.96. The van der Waals surface area contributed by atoms with Gasteiger partial charge in [-0.1, -0.05) is 29.8 Å². The molecule has 1 rings (SSSR count). The lowest BCUT2D eigenvalue weighted by Crippen LogP contribution is -2.12. The molecule has 0 nitrogen and oxygen atoms in total. The van der Waals surface area contributed by atoms with Crippen LogP contribution >= 0.6 is 12.4 Å². The molecule has 1 aromatic carbocycles. The van der Waals surface area contributed by atoms with Crippen LogP contribution in [-0.4, -0.2) is 20.9 Å². The topological polar surface area (TPSA) is 0 Å². The lowest BCUT2D eigenvalue weighted by molar-refractivity contribution is 0.884. The molecule has 0 spiro atoms. The van der Waals surface area contributed by atoms with Gasteiger partial charge in [-0.15, -0.1) is 16.1 Å². The summed E-state index contributed by atoms with van der Waals surface area (Å²) in [7, 11) is 0. The molecule has 0 aliphatic carbocycles. The van der Waals surface area contributed by atoms with Crippen LogP contribution in [0.5, 0.6) is 0 Å². The van der Waals surface area contributed by atoms with Crippen molar-refractivity contribution in [2.45, 2.75) is 6.92 Å². The molecule has 0 radical (unpaired) electrons. The first-order chi connectivity index (χ1) is 4.34. The zero-order chi connectivity index (χ0) is 6.69. The highest BCUT2D eigenvalue weighted by Crippen LogP contribution is 1.91. The molecule has 0 unspecified atom stereocenters. The second kappa shape index (κ2) is 4.94. The van der Waals surface area contributed by atoms with E-state index in [1.807, 2.05) is 31.2 Å². The fraction of sp³-hybridized carbons (Fsp3) is 0.143. The van der Waals surface area contributed by atoms with Gasteiger partial charge < -0.3 is 2.96 Å². The maximum absolute atomic E-state index is 12.1. The minimum Gasteiger partial charge on any atom is -0.475 e. The van der Waals surface area contributed by atoms with Crippen LogP contribution in [0.3, 0.4) is 0 Å². The minimum absolute atomic E-state index is 0. The zero-order valence-electron chi connectivity index (χ0n) is 5.80. The third-order valence-electron chi connectivity index (χ3n) is 1.41. The van der Waals surface area contributed by atoms with E-state index < -0.39 is 20.9 Å². The molecule has 0 aromatic heterocycles. The van der Waals surface area contributed by atoms with Gasteiger partial charge in [-0.25, -0.2) is 0 Å². The van der Waals surface area contributed by atoms with E-state index in [0.29, 0.717) is 0 Å². The average molecular weight is 171 g/mol. The van der Waals surface area contributed by atoms with Crippen molar-refractivity contribution < 1.29 is 2.96 Å². The number of hydrogen-bond acceptors (Lipinski definition) is 0. The zero-order valence-corrected chi connectivity index (χ0v) is 8.03. The summed E-state index contributed by atoms with van der Waals surface area (Å²) < 4.78 is 13.1. The Labute approximate surface area is 76.7 Å². The van der Waals surface area contributed by atoms with Crippen molar-refractivity contribution in [1.29, 1.82) is 0 Å². The molecule has 0 atom stereocenters. The molecule has 1 aromatic rings. The van der Waals surface area contributed by atoms with Crippen LogP contribution in [0.15, 0.2) is 24.3 Å². The number of rotatable bonds is 1. The van der Waals surface area contributed by atoms with Crippen molar-refractivity contribution in [1.82, 2.24) is 0 Å². The minimum atomic E-state index is -1.44. The molecular formula is C7H8ClFMg.